The Morgan fingerprint density at radius 3 is 1.90 bits per heavy atom. The number of carboxylic acids is 1. The highest BCUT2D eigenvalue weighted by Gasteiger charge is 2.24. The zero-order chi connectivity index (χ0) is 15.1. The lowest BCUT2D eigenvalue weighted by Crippen LogP contribution is -2.26. The number of aliphatic carboxylic acids is 1. The summed E-state index contributed by atoms with van der Waals surface area (Å²) < 4.78 is 5.99. The van der Waals surface area contributed by atoms with Gasteiger partial charge in [-0.1, -0.05) is 74.0 Å². The van der Waals surface area contributed by atoms with Gasteiger partial charge in [0.25, 0.3) is 0 Å². The first-order valence-corrected chi connectivity index (χ1v) is 8.28. The molecule has 0 aliphatic heterocycles. The van der Waals surface area contributed by atoms with E-state index in [0.717, 1.165) is 17.0 Å². The summed E-state index contributed by atoms with van der Waals surface area (Å²) in [5.41, 5.74) is 0. The van der Waals surface area contributed by atoms with E-state index in [-0.39, 0.29) is 0 Å². The lowest BCUT2D eigenvalue weighted by molar-refractivity contribution is -0.145. The van der Waals surface area contributed by atoms with E-state index >= 15 is 0 Å². The molecule has 1 atom stereocenters. The Morgan fingerprint density at radius 1 is 1.05 bits per heavy atom. The van der Waals surface area contributed by atoms with Crippen molar-refractivity contribution in [3.8, 4) is 0 Å². The Labute approximate surface area is 126 Å². The molecule has 0 saturated heterocycles. The van der Waals surface area contributed by atoms with E-state index in [4.69, 9.17) is 4.52 Å². The fourth-order valence-electron chi connectivity index (χ4n) is 2.01. The van der Waals surface area contributed by atoms with E-state index in [0.29, 0.717) is 6.42 Å². The molecule has 0 aliphatic rings. The summed E-state index contributed by atoms with van der Waals surface area (Å²) in [5.74, 6) is -0.892. The van der Waals surface area contributed by atoms with Gasteiger partial charge in [0.15, 0.2) is 6.10 Å². The van der Waals surface area contributed by atoms with E-state index in [1.165, 1.54) is 0 Å². The van der Waals surface area contributed by atoms with Gasteiger partial charge in [0.1, 0.15) is 0 Å². The van der Waals surface area contributed by atoms with Crippen LogP contribution in [0.15, 0.2) is 60.7 Å². The number of rotatable bonds is 7. The van der Waals surface area contributed by atoms with Crippen LogP contribution < -0.4 is 10.6 Å². The molecule has 0 bridgehead atoms. The van der Waals surface area contributed by atoms with Crippen molar-refractivity contribution in [3.63, 3.8) is 0 Å². The standard InChI is InChI=1S/C17H19O3P/c1-2-9-16(17(18)19)20-21(14-10-5-3-6-11-14)15-12-7-4-8-13-15/h3-8,10-13,16H,2,9H2,1H3,(H,18,19). The molecule has 0 saturated carbocycles. The quantitative estimate of drug-likeness (QED) is 0.798. The molecule has 1 unspecified atom stereocenters. The third kappa shape index (κ3) is 4.38. The average Bonchev–Trinajstić information content (AvgIpc) is 2.53. The number of carboxylic acid groups (broad SMARTS) is 1. The number of hydrogen-bond acceptors (Lipinski definition) is 2. The van der Waals surface area contributed by atoms with Gasteiger partial charge in [0, 0.05) is 10.6 Å². The van der Waals surface area contributed by atoms with Crippen LogP contribution in [0.4, 0.5) is 0 Å². The predicted molar refractivity (Wildman–Crippen MR) is 86.5 cm³/mol. The zero-order valence-corrected chi connectivity index (χ0v) is 12.9. The summed E-state index contributed by atoms with van der Waals surface area (Å²) in [5, 5.41) is 11.4. The van der Waals surface area contributed by atoms with Crippen LogP contribution in [0.1, 0.15) is 19.8 Å². The van der Waals surface area contributed by atoms with Crippen molar-refractivity contribution in [3.05, 3.63) is 60.7 Å². The third-order valence-electron chi connectivity index (χ3n) is 3.04. The molecule has 2 rings (SSSR count). The average molecular weight is 302 g/mol. The second-order valence-corrected chi connectivity index (χ2v) is 6.52. The van der Waals surface area contributed by atoms with Gasteiger partial charge < -0.3 is 9.63 Å². The van der Waals surface area contributed by atoms with Crippen molar-refractivity contribution in [2.24, 2.45) is 0 Å². The molecule has 0 radical (unpaired) electrons. The fourth-order valence-corrected chi connectivity index (χ4v) is 3.89. The smallest absolute Gasteiger partial charge is 0.333 e. The molecule has 0 aliphatic carbocycles. The van der Waals surface area contributed by atoms with Crippen molar-refractivity contribution < 1.29 is 14.4 Å². The van der Waals surface area contributed by atoms with Gasteiger partial charge in [0.2, 0.25) is 0 Å². The van der Waals surface area contributed by atoms with E-state index in [9.17, 15) is 9.90 Å². The van der Waals surface area contributed by atoms with Gasteiger partial charge in [-0.15, -0.1) is 0 Å². The summed E-state index contributed by atoms with van der Waals surface area (Å²) in [6, 6.07) is 19.7. The largest absolute Gasteiger partial charge is 0.479 e. The lowest BCUT2D eigenvalue weighted by Gasteiger charge is -2.22. The molecular weight excluding hydrogens is 283 g/mol. The molecule has 21 heavy (non-hydrogen) atoms. The normalized spacial score (nSPS) is 12.3. The van der Waals surface area contributed by atoms with Crippen molar-refractivity contribution in [2.45, 2.75) is 25.9 Å². The highest BCUT2D eigenvalue weighted by Crippen LogP contribution is 2.37. The molecule has 0 spiro atoms. The molecular formula is C17H19O3P. The lowest BCUT2D eigenvalue weighted by atomic mass is 10.2. The minimum atomic E-state index is -1.12. The van der Waals surface area contributed by atoms with Gasteiger partial charge in [-0.2, -0.15) is 0 Å². The molecule has 1 N–H and O–H groups in total. The van der Waals surface area contributed by atoms with Crippen molar-refractivity contribution >= 4 is 24.7 Å². The van der Waals surface area contributed by atoms with Gasteiger partial charge in [0.05, 0.1) is 8.15 Å². The Balaban J connectivity index is 2.30. The zero-order valence-electron chi connectivity index (χ0n) is 12.0. The van der Waals surface area contributed by atoms with E-state index in [1.54, 1.807) is 0 Å². The second-order valence-electron chi connectivity index (χ2n) is 4.69. The molecule has 110 valence electrons. The molecule has 2 aromatic carbocycles. The maximum absolute atomic E-state index is 11.4. The van der Waals surface area contributed by atoms with Crippen LogP contribution in [0.5, 0.6) is 0 Å². The van der Waals surface area contributed by atoms with Crippen LogP contribution >= 0.6 is 8.15 Å². The molecule has 0 aromatic heterocycles. The summed E-state index contributed by atoms with van der Waals surface area (Å²) in [4.78, 5) is 11.4. The van der Waals surface area contributed by atoms with Crippen molar-refractivity contribution in [1.82, 2.24) is 0 Å². The summed E-state index contributed by atoms with van der Waals surface area (Å²) >= 11 is 0. The van der Waals surface area contributed by atoms with E-state index in [2.05, 4.69) is 0 Å². The second kappa shape index (κ2) is 7.92. The van der Waals surface area contributed by atoms with Crippen LogP contribution in [0.3, 0.4) is 0 Å². The molecule has 0 fully saturated rings. The first kappa shape index (κ1) is 15.7. The van der Waals surface area contributed by atoms with Crippen LogP contribution in [-0.4, -0.2) is 17.2 Å². The van der Waals surface area contributed by atoms with Crippen LogP contribution in [0.2, 0.25) is 0 Å². The minimum Gasteiger partial charge on any atom is -0.479 e. The highest BCUT2D eigenvalue weighted by molar-refractivity contribution is 7.68. The third-order valence-corrected chi connectivity index (χ3v) is 5.04. The van der Waals surface area contributed by atoms with Crippen molar-refractivity contribution in [1.29, 1.82) is 0 Å². The molecule has 2 aromatic rings. The first-order valence-electron chi connectivity index (χ1n) is 7.02. The Bertz CT molecular complexity index is 517. The summed E-state index contributed by atoms with van der Waals surface area (Å²) in [6.45, 7) is 1.96. The summed E-state index contributed by atoms with van der Waals surface area (Å²) in [7, 11) is -1.12. The predicted octanol–water partition coefficient (Wildman–Crippen LogP) is 3.30. The van der Waals surface area contributed by atoms with E-state index in [1.807, 2.05) is 67.6 Å². The first-order chi connectivity index (χ1) is 10.2. The van der Waals surface area contributed by atoms with Gasteiger partial charge in [-0.05, 0) is 6.42 Å². The monoisotopic (exact) mass is 302 g/mol. The minimum absolute atomic E-state index is 0.522. The maximum Gasteiger partial charge on any atom is 0.333 e. The summed E-state index contributed by atoms with van der Waals surface area (Å²) in [6.07, 6.45) is 0.541. The maximum atomic E-state index is 11.4. The van der Waals surface area contributed by atoms with E-state index < -0.39 is 20.2 Å². The number of carbonyl (C=O) groups is 1. The van der Waals surface area contributed by atoms with Crippen LogP contribution in [0.25, 0.3) is 0 Å². The Hall–Kier alpha value is -1.70. The van der Waals surface area contributed by atoms with Crippen LogP contribution in [0, 0.1) is 0 Å². The molecule has 3 nitrogen and oxygen atoms in total. The molecule has 4 heteroatoms. The fraction of sp³-hybridized carbons (Fsp3) is 0.235. The molecule has 0 amide bonds. The van der Waals surface area contributed by atoms with Crippen molar-refractivity contribution in [2.75, 3.05) is 0 Å². The topological polar surface area (TPSA) is 46.5 Å². The molecule has 0 heterocycles. The SMILES string of the molecule is CCCC(OP(c1ccccc1)c1ccccc1)C(=O)O. The Kier molecular flexibility index (Phi) is 5.91. The van der Waals surface area contributed by atoms with Gasteiger partial charge >= 0.3 is 5.97 Å². The van der Waals surface area contributed by atoms with Gasteiger partial charge in [-0.3, -0.25) is 0 Å². The number of benzene rings is 2. The van der Waals surface area contributed by atoms with Crippen LogP contribution in [-0.2, 0) is 9.32 Å². The van der Waals surface area contributed by atoms with Gasteiger partial charge in [-0.25, -0.2) is 4.79 Å². The Morgan fingerprint density at radius 2 is 1.52 bits per heavy atom. The number of hydrogen-bond donors (Lipinski definition) is 1. The highest BCUT2D eigenvalue weighted by atomic mass is 31.1.